The second-order valence-electron chi connectivity index (χ2n) is 12.5. The van der Waals surface area contributed by atoms with Gasteiger partial charge < -0.3 is 40.9 Å². The highest BCUT2D eigenvalue weighted by molar-refractivity contribution is 7.39. The maximum Gasteiger partial charge on any atom is 0.327 e. The number of piperazine rings is 1. The van der Waals surface area contributed by atoms with Crippen molar-refractivity contribution >= 4 is 26.2 Å². The summed E-state index contributed by atoms with van der Waals surface area (Å²) in [5.41, 5.74) is 6.14. The van der Waals surface area contributed by atoms with Crippen LogP contribution in [0, 0.1) is 23.7 Å². The topological polar surface area (TPSA) is 144 Å². The van der Waals surface area contributed by atoms with Crippen LogP contribution in [0.3, 0.4) is 0 Å². The maximum atomic E-state index is 8.89. The molecule has 3 aliphatic carbocycles. The lowest BCUT2D eigenvalue weighted by Crippen LogP contribution is -2.47. The van der Waals surface area contributed by atoms with E-state index in [0.717, 1.165) is 82.0 Å². The molecule has 12 heteroatoms. The smallest absolute Gasteiger partial charge is 0.327 e. The van der Waals surface area contributed by atoms with Gasteiger partial charge in [0.05, 0.1) is 6.61 Å². The van der Waals surface area contributed by atoms with Crippen LogP contribution in [0.15, 0.2) is 6.07 Å². The summed E-state index contributed by atoms with van der Waals surface area (Å²) in [6.45, 7) is 8.73. The Morgan fingerprint density at radius 2 is 1.73 bits per heavy atom. The molecule has 0 aromatic carbocycles. The Balaban J connectivity index is 0.933. The van der Waals surface area contributed by atoms with E-state index >= 15 is 0 Å². The van der Waals surface area contributed by atoms with Crippen LogP contribution in [0.2, 0.25) is 0 Å². The molecule has 2 heterocycles. The van der Waals surface area contributed by atoms with Crippen LogP contribution < -0.4 is 26.6 Å². The van der Waals surface area contributed by atoms with E-state index in [9.17, 15) is 0 Å². The summed E-state index contributed by atoms with van der Waals surface area (Å²) in [4.78, 5) is 31.5. The number of rotatable bonds is 15. The van der Waals surface area contributed by atoms with Crippen LogP contribution in [0.1, 0.15) is 57.8 Å². The fourth-order valence-electron chi connectivity index (χ4n) is 7.32. The van der Waals surface area contributed by atoms with Crippen LogP contribution in [0.25, 0.3) is 0 Å². The normalized spacial score (nSPS) is 29.0. The first-order valence-corrected chi connectivity index (χ1v) is 16.8. The van der Waals surface area contributed by atoms with Crippen molar-refractivity contribution in [2.45, 2.75) is 63.8 Å². The van der Waals surface area contributed by atoms with Gasteiger partial charge in [-0.15, -0.1) is 0 Å². The zero-order valence-corrected chi connectivity index (χ0v) is 24.9. The highest BCUT2D eigenvalue weighted by Crippen LogP contribution is 2.44. The van der Waals surface area contributed by atoms with Crippen molar-refractivity contribution in [2.24, 2.45) is 23.7 Å². The number of anilines is 3. The van der Waals surface area contributed by atoms with E-state index < -0.39 is 8.60 Å². The van der Waals surface area contributed by atoms with Gasteiger partial charge in [0.15, 0.2) is 0 Å². The van der Waals surface area contributed by atoms with Crippen molar-refractivity contribution < 1.29 is 14.3 Å². The fourth-order valence-corrected chi connectivity index (χ4v) is 7.57. The molecule has 2 bridgehead atoms. The van der Waals surface area contributed by atoms with Crippen LogP contribution in [-0.4, -0.2) is 96.2 Å². The molecule has 1 saturated heterocycles. The van der Waals surface area contributed by atoms with Gasteiger partial charge >= 0.3 is 8.60 Å². The molecule has 4 aliphatic rings. The average molecular weight is 579 g/mol. The third-order valence-electron chi connectivity index (χ3n) is 9.67. The lowest BCUT2D eigenvalue weighted by Gasteiger charge is -2.35. The summed E-state index contributed by atoms with van der Waals surface area (Å²) in [7, 11) is -2.28. The molecule has 3 atom stereocenters. The lowest BCUT2D eigenvalue weighted by atomic mass is 9.82. The van der Waals surface area contributed by atoms with Gasteiger partial charge in [0.25, 0.3) is 0 Å². The minimum Gasteiger partial charge on any atom is -0.383 e. The molecule has 0 unspecified atom stereocenters. The largest absolute Gasteiger partial charge is 0.383 e. The van der Waals surface area contributed by atoms with E-state index in [4.69, 9.17) is 25.0 Å². The van der Waals surface area contributed by atoms with E-state index in [1.165, 1.54) is 57.8 Å². The average Bonchev–Trinajstić information content (AvgIpc) is 3.58. The van der Waals surface area contributed by atoms with Crippen LogP contribution in [0.5, 0.6) is 0 Å². The number of nitrogens with one attached hydrogen (secondary N) is 3. The second kappa shape index (κ2) is 15.2. The number of aromatic nitrogens is 2. The molecule has 7 N–H and O–H groups in total. The molecule has 226 valence electrons. The molecule has 1 aromatic rings. The minimum absolute atomic E-state index is 0.324. The van der Waals surface area contributed by atoms with Gasteiger partial charge in [-0.25, -0.2) is 0 Å². The summed E-state index contributed by atoms with van der Waals surface area (Å²) in [5, 5.41) is 11.0. The highest BCUT2D eigenvalue weighted by atomic mass is 31.2. The number of nitrogens with zero attached hydrogens (tertiary/aromatic N) is 4. The number of hydrogen-bond acceptors (Lipinski definition) is 11. The number of nitrogen functional groups attached to an aromatic ring is 1. The monoisotopic (exact) mass is 578 g/mol. The molecule has 0 radical (unpaired) electrons. The van der Waals surface area contributed by atoms with Crippen molar-refractivity contribution in [3.8, 4) is 0 Å². The molecular weight excluding hydrogens is 527 g/mol. The minimum atomic E-state index is -2.28. The van der Waals surface area contributed by atoms with Gasteiger partial charge in [-0.2, -0.15) is 9.97 Å². The molecule has 0 spiro atoms. The third kappa shape index (κ3) is 9.08. The van der Waals surface area contributed by atoms with Crippen molar-refractivity contribution in [3.63, 3.8) is 0 Å². The Kier molecular flexibility index (Phi) is 11.5. The summed E-state index contributed by atoms with van der Waals surface area (Å²) in [6.07, 6.45) is 12.2. The molecule has 3 saturated carbocycles. The molecule has 5 rings (SSSR count). The molecular formula is C28H51N8O3P. The summed E-state index contributed by atoms with van der Waals surface area (Å²) >= 11 is 0. The Morgan fingerprint density at radius 1 is 0.950 bits per heavy atom. The first kappa shape index (κ1) is 30.1. The summed E-state index contributed by atoms with van der Waals surface area (Å²) in [6, 6.07) is 2.66. The van der Waals surface area contributed by atoms with E-state index in [1.807, 2.05) is 6.07 Å². The molecule has 1 aliphatic heterocycles. The Morgan fingerprint density at radius 3 is 2.42 bits per heavy atom. The SMILES string of the molecule is Nc1cc(N2CCN(CCOP(O)O)CC2)nc(NC[C@H]2CC[C@H](CNCCCN[C@H]3C[C@H]4CC[C@@H]3C4)CC2)n1. The molecule has 1 aromatic heterocycles. The standard InChI is InChI=1S/C28H51N8O3P/c29-26-18-27(36-12-10-35(11-13-36)14-15-39-40(37)38)34-28(33-26)32-20-22-4-2-21(3-5-22)19-30-8-1-9-31-25-17-23-6-7-24(25)16-23/h18,21-25,30-31,37-38H,1-17,19-20H2,(H3,29,32,33,34)/t21-,22-,23-,24+,25-/m0/s1. The van der Waals surface area contributed by atoms with Gasteiger partial charge in [-0.05, 0) is 94.7 Å². The first-order valence-electron chi connectivity index (χ1n) is 15.6. The lowest BCUT2D eigenvalue weighted by molar-refractivity contribution is 0.184. The van der Waals surface area contributed by atoms with Gasteiger partial charge in [0.2, 0.25) is 5.95 Å². The maximum absolute atomic E-state index is 8.89. The first-order chi connectivity index (χ1) is 19.5. The van der Waals surface area contributed by atoms with Crippen LogP contribution in [-0.2, 0) is 4.52 Å². The van der Waals surface area contributed by atoms with Crippen molar-refractivity contribution in [1.29, 1.82) is 0 Å². The molecule has 40 heavy (non-hydrogen) atoms. The van der Waals surface area contributed by atoms with Crippen molar-refractivity contribution in [2.75, 3.05) is 81.5 Å². The van der Waals surface area contributed by atoms with Gasteiger partial charge in [-0.3, -0.25) is 4.90 Å². The van der Waals surface area contributed by atoms with E-state index in [2.05, 4.69) is 30.7 Å². The third-order valence-corrected chi connectivity index (χ3v) is 10.1. The quantitative estimate of drug-likeness (QED) is 0.135. The zero-order chi connectivity index (χ0) is 27.7. The fraction of sp³-hybridized carbons (Fsp3) is 0.857. The van der Waals surface area contributed by atoms with Gasteiger partial charge in [0.1, 0.15) is 11.6 Å². The van der Waals surface area contributed by atoms with E-state index in [0.29, 0.717) is 30.8 Å². The Labute approximate surface area is 241 Å². The van der Waals surface area contributed by atoms with Crippen LogP contribution >= 0.6 is 8.60 Å². The van der Waals surface area contributed by atoms with Gasteiger partial charge in [-0.1, -0.05) is 6.42 Å². The Bertz CT molecular complexity index is 898. The number of hydrogen-bond donors (Lipinski definition) is 6. The molecule has 11 nitrogen and oxygen atoms in total. The summed E-state index contributed by atoms with van der Waals surface area (Å²) in [5.74, 6) is 5.42. The molecule has 0 amide bonds. The second-order valence-corrected chi connectivity index (χ2v) is 13.2. The van der Waals surface area contributed by atoms with E-state index in [1.54, 1.807) is 0 Å². The van der Waals surface area contributed by atoms with Gasteiger partial charge in [0, 0.05) is 51.4 Å². The highest BCUT2D eigenvalue weighted by Gasteiger charge is 2.38. The van der Waals surface area contributed by atoms with E-state index in [-0.39, 0.29) is 0 Å². The van der Waals surface area contributed by atoms with Crippen molar-refractivity contribution in [1.82, 2.24) is 25.5 Å². The molecule has 4 fully saturated rings. The number of fused-ring (bicyclic) bond motifs is 2. The predicted octanol–water partition coefficient (Wildman–Crippen LogP) is 2.39. The Hall–Kier alpha value is -1.33. The van der Waals surface area contributed by atoms with Crippen LogP contribution in [0.4, 0.5) is 17.6 Å². The summed E-state index contributed by atoms with van der Waals surface area (Å²) < 4.78 is 4.89. The number of nitrogens with two attached hydrogens (primary N) is 1. The van der Waals surface area contributed by atoms with Crippen molar-refractivity contribution in [3.05, 3.63) is 6.07 Å². The zero-order valence-electron chi connectivity index (χ0n) is 24.0. The predicted molar refractivity (Wildman–Crippen MR) is 161 cm³/mol.